The fraction of sp³-hybridized carbons (Fsp3) is 0.462. The van der Waals surface area contributed by atoms with Crippen LogP contribution in [-0.2, 0) is 24.9 Å². The zero-order valence-corrected chi connectivity index (χ0v) is 12.7. The Hall–Kier alpha value is -2.71. The molecule has 0 aliphatic rings. The molecule has 0 spiro atoms. The third-order valence-corrected chi connectivity index (χ3v) is 3.52. The van der Waals surface area contributed by atoms with Gasteiger partial charge >= 0.3 is 5.69 Å². The number of aryl methyl sites for hydroxylation is 3. The van der Waals surface area contributed by atoms with E-state index in [1.165, 1.54) is 17.1 Å². The van der Waals surface area contributed by atoms with Crippen LogP contribution in [0.2, 0.25) is 0 Å². The van der Waals surface area contributed by atoms with Crippen LogP contribution in [0, 0.1) is 24.0 Å². The van der Waals surface area contributed by atoms with E-state index in [0.29, 0.717) is 13.1 Å². The maximum Gasteiger partial charge on any atom is 0.306 e. The van der Waals surface area contributed by atoms with Crippen LogP contribution in [0.1, 0.15) is 23.4 Å². The second kappa shape index (κ2) is 6.37. The van der Waals surface area contributed by atoms with Gasteiger partial charge < -0.3 is 5.32 Å². The molecule has 0 saturated carbocycles. The summed E-state index contributed by atoms with van der Waals surface area (Å²) in [5.41, 5.74) is 2.83. The summed E-state index contributed by atoms with van der Waals surface area (Å²) in [4.78, 5) is 21.9. The van der Waals surface area contributed by atoms with Crippen LogP contribution in [0.3, 0.4) is 0 Å². The largest absolute Gasteiger partial charge is 0.352 e. The van der Waals surface area contributed by atoms with E-state index in [1.807, 2.05) is 20.9 Å². The van der Waals surface area contributed by atoms with Crippen molar-refractivity contribution in [2.75, 3.05) is 0 Å². The molecule has 0 fully saturated rings. The molecule has 0 unspecified atom stereocenters. The molecule has 0 bridgehead atoms. The molecule has 0 saturated heterocycles. The van der Waals surface area contributed by atoms with Gasteiger partial charge in [-0.25, -0.2) is 0 Å². The minimum atomic E-state index is -0.516. The Morgan fingerprint density at radius 3 is 2.73 bits per heavy atom. The summed E-state index contributed by atoms with van der Waals surface area (Å²) in [7, 11) is 1.86. The summed E-state index contributed by atoms with van der Waals surface area (Å²) < 4.78 is 3.16. The molecule has 9 nitrogen and oxygen atoms in total. The lowest BCUT2D eigenvalue weighted by atomic mass is 10.2. The molecular formula is C13H18N6O3. The second-order valence-electron chi connectivity index (χ2n) is 5.02. The minimum absolute atomic E-state index is 0.0815. The third-order valence-electron chi connectivity index (χ3n) is 3.52. The zero-order valence-electron chi connectivity index (χ0n) is 12.7. The van der Waals surface area contributed by atoms with Crippen molar-refractivity contribution >= 4 is 11.6 Å². The van der Waals surface area contributed by atoms with E-state index in [1.54, 1.807) is 4.68 Å². The number of hydrogen-bond donors (Lipinski definition) is 1. The molecule has 1 N–H and O–H groups in total. The number of amides is 1. The van der Waals surface area contributed by atoms with Gasteiger partial charge in [-0.15, -0.1) is 0 Å². The topological polar surface area (TPSA) is 108 Å². The Balaban J connectivity index is 1.84. The van der Waals surface area contributed by atoms with Gasteiger partial charge in [-0.3, -0.25) is 24.3 Å². The smallest absolute Gasteiger partial charge is 0.306 e. The van der Waals surface area contributed by atoms with Gasteiger partial charge in [0.15, 0.2) is 0 Å². The van der Waals surface area contributed by atoms with Crippen molar-refractivity contribution in [2.45, 2.75) is 33.4 Å². The van der Waals surface area contributed by atoms with Crippen LogP contribution in [0.15, 0.2) is 12.4 Å². The van der Waals surface area contributed by atoms with E-state index in [9.17, 15) is 14.9 Å². The Labute approximate surface area is 127 Å². The first-order chi connectivity index (χ1) is 10.4. The van der Waals surface area contributed by atoms with Crippen LogP contribution in [0.25, 0.3) is 0 Å². The van der Waals surface area contributed by atoms with Crippen molar-refractivity contribution in [2.24, 2.45) is 7.05 Å². The maximum absolute atomic E-state index is 11.8. The van der Waals surface area contributed by atoms with Crippen molar-refractivity contribution in [3.63, 3.8) is 0 Å². The second-order valence-corrected chi connectivity index (χ2v) is 5.02. The number of rotatable bonds is 6. The fourth-order valence-corrected chi connectivity index (χ4v) is 2.13. The lowest BCUT2D eigenvalue weighted by Gasteiger charge is -2.06. The number of aromatic nitrogens is 4. The predicted molar refractivity (Wildman–Crippen MR) is 78.0 cm³/mol. The van der Waals surface area contributed by atoms with Crippen molar-refractivity contribution in [1.82, 2.24) is 24.9 Å². The SMILES string of the molecule is Cc1nn(C)c(C)c1CNC(=O)CCn1cc([N+](=O)[O-])cn1. The summed E-state index contributed by atoms with van der Waals surface area (Å²) in [6, 6.07) is 0. The lowest BCUT2D eigenvalue weighted by molar-refractivity contribution is -0.385. The molecule has 0 aliphatic carbocycles. The summed E-state index contributed by atoms with van der Waals surface area (Å²) >= 11 is 0. The molecule has 2 heterocycles. The Morgan fingerprint density at radius 1 is 1.45 bits per heavy atom. The van der Waals surface area contributed by atoms with E-state index in [0.717, 1.165) is 17.0 Å². The average Bonchev–Trinajstić information content (AvgIpc) is 3.02. The zero-order chi connectivity index (χ0) is 16.3. The van der Waals surface area contributed by atoms with Gasteiger partial charge in [0.2, 0.25) is 5.91 Å². The molecule has 2 rings (SSSR count). The molecule has 118 valence electrons. The van der Waals surface area contributed by atoms with Crippen LogP contribution in [-0.4, -0.2) is 30.4 Å². The molecule has 9 heteroatoms. The number of carbonyl (C=O) groups is 1. The molecular weight excluding hydrogens is 288 g/mol. The van der Waals surface area contributed by atoms with Crippen LogP contribution in [0.5, 0.6) is 0 Å². The molecule has 0 radical (unpaired) electrons. The number of nitrogens with zero attached hydrogens (tertiary/aromatic N) is 5. The van der Waals surface area contributed by atoms with E-state index in [-0.39, 0.29) is 18.0 Å². The van der Waals surface area contributed by atoms with Crippen molar-refractivity contribution in [3.8, 4) is 0 Å². The summed E-state index contributed by atoms with van der Waals surface area (Å²) in [6.45, 7) is 4.57. The highest BCUT2D eigenvalue weighted by Gasteiger charge is 2.12. The molecule has 1 amide bonds. The van der Waals surface area contributed by atoms with Crippen molar-refractivity contribution in [1.29, 1.82) is 0 Å². The first kappa shape index (κ1) is 15.7. The highest BCUT2D eigenvalue weighted by molar-refractivity contribution is 5.75. The molecule has 2 aromatic rings. The van der Waals surface area contributed by atoms with Gasteiger partial charge in [-0.05, 0) is 13.8 Å². The first-order valence-corrected chi connectivity index (χ1v) is 6.81. The monoisotopic (exact) mass is 306 g/mol. The summed E-state index contributed by atoms with van der Waals surface area (Å²) in [5.74, 6) is -0.138. The van der Waals surface area contributed by atoms with E-state index < -0.39 is 4.92 Å². The summed E-state index contributed by atoms with van der Waals surface area (Å²) in [6.07, 6.45) is 2.68. The van der Waals surface area contributed by atoms with Gasteiger partial charge in [0.1, 0.15) is 12.4 Å². The van der Waals surface area contributed by atoms with Crippen LogP contribution >= 0.6 is 0 Å². The molecule has 22 heavy (non-hydrogen) atoms. The fourth-order valence-electron chi connectivity index (χ4n) is 2.13. The summed E-state index contributed by atoms with van der Waals surface area (Å²) in [5, 5.41) is 21.5. The predicted octanol–water partition coefficient (Wildman–Crippen LogP) is 0.848. The van der Waals surface area contributed by atoms with E-state index in [2.05, 4.69) is 15.5 Å². The number of nitro groups is 1. The highest BCUT2D eigenvalue weighted by Crippen LogP contribution is 2.11. The molecule has 0 aliphatic heterocycles. The first-order valence-electron chi connectivity index (χ1n) is 6.81. The Morgan fingerprint density at radius 2 is 2.18 bits per heavy atom. The van der Waals surface area contributed by atoms with Crippen molar-refractivity contribution < 1.29 is 9.72 Å². The Bertz CT molecular complexity index is 703. The van der Waals surface area contributed by atoms with Gasteiger partial charge in [-0.1, -0.05) is 0 Å². The van der Waals surface area contributed by atoms with Crippen molar-refractivity contribution in [3.05, 3.63) is 39.5 Å². The number of nitrogens with one attached hydrogen (secondary N) is 1. The van der Waals surface area contributed by atoms with Crippen LogP contribution < -0.4 is 5.32 Å². The van der Waals surface area contributed by atoms with Gasteiger partial charge in [0, 0.05) is 37.8 Å². The van der Waals surface area contributed by atoms with Crippen LogP contribution in [0.4, 0.5) is 5.69 Å². The number of hydrogen-bond acceptors (Lipinski definition) is 5. The van der Waals surface area contributed by atoms with E-state index >= 15 is 0 Å². The lowest BCUT2D eigenvalue weighted by Crippen LogP contribution is -2.24. The minimum Gasteiger partial charge on any atom is -0.352 e. The normalized spacial score (nSPS) is 10.7. The molecule has 2 aromatic heterocycles. The van der Waals surface area contributed by atoms with Gasteiger partial charge in [0.05, 0.1) is 10.6 Å². The molecule has 0 aromatic carbocycles. The van der Waals surface area contributed by atoms with Gasteiger partial charge in [-0.2, -0.15) is 10.2 Å². The van der Waals surface area contributed by atoms with E-state index in [4.69, 9.17) is 0 Å². The average molecular weight is 306 g/mol. The quantitative estimate of drug-likeness (QED) is 0.628. The van der Waals surface area contributed by atoms with Gasteiger partial charge in [0.25, 0.3) is 0 Å². The maximum atomic E-state index is 11.8. The Kier molecular flexibility index (Phi) is 4.54. The molecule has 0 atom stereocenters. The third kappa shape index (κ3) is 3.48. The standard InChI is InChI=1S/C13H18N6O3/c1-9-12(10(2)17(3)16-9)7-14-13(20)4-5-18-8-11(6-15-18)19(21)22/h6,8H,4-5,7H2,1-3H3,(H,14,20). The highest BCUT2D eigenvalue weighted by atomic mass is 16.6. The number of carbonyl (C=O) groups excluding carboxylic acids is 1.